The fourth-order valence-corrected chi connectivity index (χ4v) is 1.54. The van der Waals surface area contributed by atoms with Crippen molar-refractivity contribution in [2.24, 2.45) is 0 Å². The van der Waals surface area contributed by atoms with Crippen LogP contribution in [-0.4, -0.2) is 28.9 Å². The van der Waals surface area contributed by atoms with E-state index in [0.717, 1.165) is 21.4 Å². The van der Waals surface area contributed by atoms with Crippen LogP contribution in [0.4, 0.5) is 5.95 Å². The van der Waals surface area contributed by atoms with Crippen LogP contribution >= 0.6 is 38.5 Å². The van der Waals surface area contributed by atoms with E-state index >= 15 is 0 Å². The molecule has 1 aromatic rings. The van der Waals surface area contributed by atoms with Gasteiger partial charge in [0.05, 0.1) is 0 Å². The van der Waals surface area contributed by atoms with Gasteiger partial charge in [-0.2, -0.15) is 0 Å². The number of aromatic nitrogens is 2. The molecule has 0 fully saturated rings. The van der Waals surface area contributed by atoms with E-state index in [9.17, 15) is 0 Å². The molecule has 5 heteroatoms. The summed E-state index contributed by atoms with van der Waals surface area (Å²) in [5, 5.41) is 0.929. The number of nitrogens with zero attached hydrogens (tertiary/aromatic N) is 3. The van der Waals surface area contributed by atoms with Gasteiger partial charge in [-0.3, -0.25) is 0 Å². The summed E-state index contributed by atoms with van der Waals surface area (Å²) in [5.74, 6) is 0.773. The third-order valence-corrected chi connectivity index (χ3v) is 2.28. The first kappa shape index (κ1) is 10.2. The van der Waals surface area contributed by atoms with Crippen LogP contribution in [0.3, 0.4) is 0 Å². The Bertz CT molecular complexity index is 239. The van der Waals surface area contributed by atoms with Crippen molar-refractivity contribution in [1.29, 1.82) is 0 Å². The van der Waals surface area contributed by atoms with Crippen LogP contribution < -0.4 is 4.90 Å². The molecule has 0 aromatic carbocycles. The molecular formula is C7H9BrIN3. The second kappa shape index (κ2) is 4.96. The minimum Gasteiger partial charge on any atom is -0.343 e. The van der Waals surface area contributed by atoms with Crippen molar-refractivity contribution in [1.82, 2.24) is 9.97 Å². The zero-order chi connectivity index (χ0) is 8.97. The average Bonchev–Trinajstić information content (AvgIpc) is 2.06. The number of hydrogen-bond donors (Lipinski definition) is 0. The van der Waals surface area contributed by atoms with E-state index in [1.165, 1.54) is 0 Å². The molecule has 66 valence electrons. The molecular weight excluding hydrogens is 333 g/mol. The first-order chi connectivity index (χ1) is 5.74. The summed E-state index contributed by atoms with van der Waals surface area (Å²) in [6, 6.07) is 0. The Kier molecular flexibility index (Phi) is 4.20. The summed E-state index contributed by atoms with van der Waals surface area (Å²) in [6.45, 7) is 0.917. The molecule has 0 bridgehead atoms. The first-order valence-corrected chi connectivity index (χ1v) is 5.68. The number of halogens is 2. The molecule has 0 amide bonds. The normalized spacial score (nSPS) is 9.92. The highest BCUT2D eigenvalue weighted by atomic mass is 127. The van der Waals surface area contributed by atoms with Crippen LogP contribution in [0.2, 0.25) is 0 Å². The van der Waals surface area contributed by atoms with Gasteiger partial charge < -0.3 is 4.90 Å². The van der Waals surface area contributed by atoms with E-state index in [0.29, 0.717) is 0 Å². The second-order valence-electron chi connectivity index (χ2n) is 2.31. The van der Waals surface area contributed by atoms with Crippen LogP contribution in [0, 0.1) is 3.57 Å². The topological polar surface area (TPSA) is 29.0 Å². The maximum absolute atomic E-state index is 4.18. The molecule has 1 heterocycles. The van der Waals surface area contributed by atoms with Gasteiger partial charge in [-0.1, -0.05) is 15.9 Å². The molecule has 1 aromatic heterocycles. The summed E-state index contributed by atoms with van der Waals surface area (Å²) >= 11 is 5.55. The Morgan fingerprint density at radius 1 is 1.50 bits per heavy atom. The first-order valence-electron chi connectivity index (χ1n) is 3.48. The average molecular weight is 342 g/mol. The smallest absolute Gasteiger partial charge is 0.225 e. The van der Waals surface area contributed by atoms with Gasteiger partial charge in [-0.25, -0.2) is 9.97 Å². The van der Waals surface area contributed by atoms with Crippen molar-refractivity contribution in [2.45, 2.75) is 0 Å². The monoisotopic (exact) mass is 341 g/mol. The van der Waals surface area contributed by atoms with Crippen molar-refractivity contribution in [3.05, 3.63) is 16.0 Å². The minimum atomic E-state index is 0.773. The van der Waals surface area contributed by atoms with E-state index in [1.807, 2.05) is 24.3 Å². The molecule has 0 aliphatic rings. The maximum atomic E-state index is 4.18. The Morgan fingerprint density at radius 3 is 2.58 bits per heavy atom. The minimum absolute atomic E-state index is 0.773. The highest BCUT2D eigenvalue weighted by molar-refractivity contribution is 14.1. The third kappa shape index (κ3) is 2.85. The second-order valence-corrected chi connectivity index (χ2v) is 4.35. The van der Waals surface area contributed by atoms with Gasteiger partial charge >= 0.3 is 0 Å². The molecule has 0 saturated carbocycles. The largest absolute Gasteiger partial charge is 0.343 e. The van der Waals surface area contributed by atoms with Crippen LogP contribution in [0.5, 0.6) is 0 Å². The lowest BCUT2D eigenvalue weighted by molar-refractivity contribution is 0.908. The van der Waals surface area contributed by atoms with Gasteiger partial charge in [-0.05, 0) is 22.6 Å². The van der Waals surface area contributed by atoms with Crippen LogP contribution in [0.1, 0.15) is 0 Å². The standard InChI is InChI=1S/C7H9BrIN3/c1-12(3-2-8)7-10-4-6(9)5-11-7/h4-5H,2-3H2,1H3. The lowest BCUT2D eigenvalue weighted by Gasteiger charge is -2.14. The number of anilines is 1. The van der Waals surface area contributed by atoms with Crippen LogP contribution in [0.25, 0.3) is 0 Å². The highest BCUT2D eigenvalue weighted by Gasteiger charge is 2.01. The molecule has 0 aliphatic carbocycles. The summed E-state index contributed by atoms with van der Waals surface area (Å²) in [4.78, 5) is 10.4. The summed E-state index contributed by atoms with van der Waals surface area (Å²) in [6.07, 6.45) is 3.63. The van der Waals surface area contributed by atoms with Crippen molar-refractivity contribution < 1.29 is 0 Å². The Hall–Kier alpha value is 0.0900. The molecule has 0 N–H and O–H groups in total. The van der Waals surface area contributed by atoms with Crippen molar-refractivity contribution >= 4 is 44.5 Å². The predicted octanol–water partition coefficient (Wildman–Crippen LogP) is 1.91. The Labute approximate surface area is 93.9 Å². The molecule has 1 rings (SSSR count). The number of alkyl halides is 1. The fourth-order valence-electron chi connectivity index (χ4n) is 0.729. The van der Waals surface area contributed by atoms with Gasteiger partial charge in [0.1, 0.15) is 0 Å². The Balaban J connectivity index is 2.68. The third-order valence-electron chi connectivity index (χ3n) is 1.37. The van der Waals surface area contributed by atoms with Gasteiger partial charge in [0.25, 0.3) is 0 Å². The lowest BCUT2D eigenvalue weighted by Crippen LogP contribution is -2.21. The molecule has 0 spiro atoms. The molecule has 0 unspecified atom stereocenters. The molecule has 0 aliphatic heterocycles. The van der Waals surface area contributed by atoms with E-state index in [4.69, 9.17) is 0 Å². The van der Waals surface area contributed by atoms with E-state index < -0.39 is 0 Å². The highest BCUT2D eigenvalue weighted by Crippen LogP contribution is 2.06. The van der Waals surface area contributed by atoms with Gasteiger partial charge in [0.15, 0.2) is 0 Å². The predicted molar refractivity (Wildman–Crippen MR) is 61.8 cm³/mol. The number of rotatable bonds is 3. The molecule has 12 heavy (non-hydrogen) atoms. The maximum Gasteiger partial charge on any atom is 0.225 e. The quantitative estimate of drug-likeness (QED) is 0.621. The Morgan fingerprint density at radius 2 is 2.08 bits per heavy atom. The van der Waals surface area contributed by atoms with Gasteiger partial charge in [0.2, 0.25) is 5.95 Å². The fraction of sp³-hybridized carbons (Fsp3) is 0.429. The lowest BCUT2D eigenvalue weighted by atomic mass is 10.6. The van der Waals surface area contributed by atoms with Crippen molar-refractivity contribution in [2.75, 3.05) is 23.8 Å². The summed E-state index contributed by atoms with van der Waals surface area (Å²) in [5.41, 5.74) is 0. The van der Waals surface area contributed by atoms with E-state index in [-0.39, 0.29) is 0 Å². The van der Waals surface area contributed by atoms with E-state index in [2.05, 4.69) is 48.5 Å². The van der Waals surface area contributed by atoms with Crippen molar-refractivity contribution in [3.63, 3.8) is 0 Å². The summed E-state index contributed by atoms with van der Waals surface area (Å²) < 4.78 is 1.06. The molecule has 3 nitrogen and oxygen atoms in total. The molecule has 0 atom stereocenters. The number of hydrogen-bond acceptors (Lipinski definition) is 3. The van der Waals surface area contributed by atoms with Crippen molar-refractivity contribution in [3.8, 4) is 0 Å². The SMILES string of the molecule is CN(CCBr)c1ncc(I)cn1. The van der Waals surface area contributed by atoms with Crippen LogP contribution in [0.15, 0.2) is 12.4 Å². The molecule has 0 saturated heterocycles. The van der Waals surface area contributed by atoms with Gasteiger partial charge in [-0.15, -0.1) is 0 Å². The zero-order valence-corrected chi connectivity index (χ0v) is 10.4. The van der Waals surface area contributed by atoms with Gasteiger partial charge in [0, 0.05) is 34.9 Å². The summed E-state index contributed by atoms with van der Waals surface area (Å²) in [7, 11) is 1.98. The van der Waals surface area contributed by atoms with Crippen LogP contribution in [-0.2, 0) is 0 Å². The zero-order valence-electron chi connectivity index (χ0n) is 6.67. The van der Waals surface area contributed by atoms with E-state index in [1.54, 1.807) is 0 Å². The molecule has 0 radical (unpaired) electrons.